The zero-order valence-corrected chi connectivity index (χ0v) is 6.13. The van der Waals surface area contributed by atoms with Gasteiger partial charge in [0.2, 0.25) is 5.91 Å². The standard InChI is InChI=1S/C6H13N3O/c1-6(8)3-9(4-6)2-5(7)10/h2-4,8H2,1H3,(H2,7,10). The summed E-state index contributed by atoms with van der Waals surface area (Å²) in [5.41, 5.74) is 10.6. The van der Waals surface area contributed by atoms with E-state index in [0.29, 0.717) is 6.54 Å². The molecule has 1 amide bonds. The second-order valence-electron chi connectivity index (χ2n) is 3.27. The van der Waals surface area contributed by atoms with E-state index < -0.39 is 0 Å². The van der Waals surface area contributed by atoms with Gasteiger partial charge in [-0.1, -0.05) is 0 Å². The van der Waals surface area contributed by atoms with Crippen molar-refractivity contribution in [2.75, 3.05) is 19.6 Å². The molecule has 1 aliphatic rings. The number of hydrogen-bond donors (Lipinski definition) is 2. The lowest BCUT2D eigenvalue weighted by molar-refractivity contribution is -0.120. The molecule has 1 rings (SSSR count). The van der Waals surface area contributed by atoms with Crippen LogP contribution in [0, 0.1) is 0 Å². The van der Waals surface area contributed by atoms with Crippen LogP contribution >= 0.6 is 0 Å². The molecule has 10 heavy (non-hydrogen) atoms. The molecule has 0 atom stereocenters. The first kappa shape index (κ1) is 7.50. The lowest BCUT2D eigenvalue weighted by Crippen LogP contribution is -2.66. The first-order valence-corrected chi connectivity index (χ1v) is 3.29. The minimum Gasteiger partial charge on any atom is -0.369 e. The van der Waals surface area contributed by atoms with E-state index in [-0.39, 0.29) is 11.4 Å². The summed E-state index contributed by atoms with van der Waals surface area (Å²) in [5, 5.41) is 0. The molecule has 1 aliphatic heterocycles. The van der Waals surface area contributed by atoms with Gasteiger partial charge < -0.3 is 11.5 Å². The fraction of sp³-hybridized carbons (Fsp3) is 0.833. The Hall–Kier alpha value is -0.610. The Morgan fingerprint density at radius 1 is 1.70 bits per heavy atom. The third kappa shape index (κ3) is 1.68. The Bertz CT molecular complexity index is 147. The lowest BCUT2D eigenvalue weighted by Gasteiger charge is -2.44. The van der Waals surface area contributed by atoms with Crippen LogP contribution in [0.15, 0.2) is 0 Å². The minimum atomic E-state index is -0.282. The molecule has 0 radical (unpaired) electrons. The summed E-state index contributed by atoms with van der Waals surface area (Å²) in [7, 11) is 0. The Balaban J connectivity index is 2.21. The molecule has 0 aliphatic carbocycles. The summed E-state index contributed by atoms with van der Waals surface area (Å²) in [6, 6.07) is 0. The number of rotatable bonds is 2. The van der Waals surface area contributed by atoms with E-state index in [2.05, 4.69) is 0 Å². The first-order valence-electron chi connectivity index (χ1n) is 3.29. The third-order valence-corrected chi connectivity index (χ3v) is 1.55. The van der Waals surface area contributed by atoms with Crippen LogP contribution in [-0.2, 0) is 4.79 Å². The van der Waals surface area contributed by atoms with Gasteiger partial charge in [-0.25, -0.2) is 0 Å². The molecule has 0 spiro atoms. The fourth-order valence-corrected chi connectivity index (χ4v) is 1.31. The van der Waals surface area contributed by atoms with Gasteiger partial charge in [-0.3, -0.25) is 9.69 Å². The highest BCUT2D eigenvalue weighted by Gasteiger charge is 2.34. The van der Waals surface area contributed by atoms with Crippen LogP contribution in [0.25, 0.3) is 0 Å². The minimum absolute atomic E-state index is 0.102. The van der Waals surface area contributed by atoms with Gasteiger partial charge in [0.25, 0.3) is 0 Å². The molecule has 0 aromatic heterocycles. The quantitative estimate of drug-likeness (QED) is 0.494. The van der Waals surface area contributed by atoms with Gasteiger partial charge >= 0.3 is 0 Å². The summed E-state index contributed by atoms with van der Waals surface area (Å²) in [6.45, 7) is 3.85. The normalized spacial score (nSPS) is 23.8. The van der Waals surface area contributed by atoms with Crippen LogP contribution in [0.2, 0.25) is 0 Å². The van der Waals surface area contributed by atoms with Crippen molar-refractivity contribution in [2.45, 2.75) is 12.5 Å². The van der Waals surface area contributed by atoms with Gasteiger partial charge in [0.05, 0.1) is 6.54 Å². The molecular formula is C6H13N3O. The highest BCUT2D eigenvalue weighted by Crippen LogP contribution is 2.15. The zero-order valence-electron chi connectivity index (χ0n) is 6.13. The van der Waals surface area contributed by atoms with Crippen molar-refractivity contribution in [2.24, 2.45) is 11.5 Å². The average Bonchev–Trinajstić information content (AvgIpc) is 1.57. The number of carbonyl (C=O) groups excluding carboxylic acids is 1. The third-order valence-electron chi connectivity index (χ3n) is 1.55. The molecule has 58 valence electrons. The van der Waals surface area contributed by atoms with E-state index in [1.807, 2.05) is 11.8 Å². The van der Waals surface area contributed by atoms with E-state index in [1.54, 1.807) is 0 Å². The fourth-order valence-electron chi connectivity index (χ4n) is 1.31. The summed E-state index contributed by atoms with van der Waals surface area (Å²) in [5.74, 6) is -0.282. The SMILES string of the molecule is CC1(N)CN(CC(N)=O)C1. The molecule has 0 unspecified atom stereocenters. The van der Waals surface area contributed by atoms with E-state index in [1.165, 1.54) is 0 Å². The van der Waals surface area contributed by atoms with Crippen molar-refractivity contribution < 1.29 is 4.79 Å². The van der Waals surface area contributed by atoms with Crippen molar-refractivity contribution in [3.05, 3.63) is 0 Å². The van der Waals surface area contributed by atoms with E-state index in [4.69, 9.17) is 11.5 Å². The largest absolute Gasteiger partial charge is 0.369 e. The maximum Gasteiger partial charge on any atom is 0.231 e. The molecule has 0 aromatic carbocycles. The second kappa shape index (κ2) is 2.21. The molecular weight excluding hydrogens is 130 g/mol. The topological polar surface area (TPSA) is 72.3 Å². The monoisotopic (exact) mass is 143 g/mol. The molecule has 4 nitrogen and oxygen atoms in total. The van der Waals surface area contributed by atoms with Gasteiger partial charge in [-0.2, -0.15) is 0 Å². The lowest BCUT2D eigenvalue weighted by atomic mass is 9.94. The Morgan fingerprint density at radius 2 is 2.20 bits per heavy atom. The van der Waals surface area contributed by atoms with Gasteiger partial charge in [0.1, 0.15) is 0 Å². The van der Waals surface area contributed by atoms with Crippen LogP contribution < -0.4 is 11.5 Å². The first-order chi connectivity index (χ1) is 4.49. The van der Waals surface area contributed by atoms with Gasteiger partial charge in [-0.15, -0.1) is 0 Å². The van der Waals surface area contributed by atoms with E-state index in [9.17, 15) is 4.79 Å². The van der Waals surface area contributed by atoms with Gasteiger partial charge in [0, 0.05) is 18.6 Å². The molecule has 4 heteroatoms. The number of nitrogens with zero attached hydrogens (tertiary/aromatic N) is 1. The van der Waals surface area contributed by atoms with Gasteiger partial charge in [-0.05, 0) is 6.92 Å². The Labute approximate surface area is 60.2 Å². The average molecular weight is 143 g/mol. The van der Waals surface area contributed by atoms with Crippen LogP contribution in [0.1, 0.15) is 6.92 Å². The van der Waals surface area contributed by atoms with Crippen LogP contribution in [0.5, 0.6) is 0 Å². The summed E-state index contributed by atoms with van der Waals surface area (Å²) < 4.78 is 0. The number of likely N-dealkylation sites (tertiary alicyclic amines) is 1. The predicted molar refractivity (Wildman–Crippen MR) is 38.2 cm³/mol. The summed E-state index contributed by atoms with van der Waals surface area (Å²) in [6.07, 6.45) is 0. The van der Waals surface area contributed by atoms with Gasteiger partial charge in [0.15, 0.2) is 0 Å². The van der Waals surface area contributed by atoms with Crippen LogP contribution in [-0.4, -0.2) is 36.0 Å². The Morgan fingerprint density at radius 3 is 2.50 bits per heavy atom. The predicted octanol–water partition coefficient (Wildman–Crippen LogP) is -1.50. The van der Waals surface area contributed by atoms with Crippen LogP contribution in [0.4, 0.5) is 0 Å². The maximum absolute atomic E-state index is 10.4. The van der Waals surface area contributed by atoms with E-state index in [0.717, 1.165) is 13.1 Å². The number of carbonyl (C=O) groups is 1. The smallest absolute Gasteiger partial charge is 0.231 e. The molecule has 1 heterocycles. The summed E-state index contributed by atoms with van der Waals surface area (Å²) >= 11 is 0. The van der Waals surface area contributed by atoms with Crippen molar-refractivity contribution >= 4 is 5.91 Å². The molecule has 0 aromatic rings. The summed E-state index contributed by atoms with van der Waals surface area (Å²) in [4.78, 5) is 12.3. The highest BCUT2D eigenvalue weighted by atomic mass is 16.1. The van der Waals surface area contributed by atoms with Crippen molar-refractivity contribution in [1.29, 1.82) is 0 Å². The number of amides is 1. The molecule has 4 N–H and O–H groups in total. The van der Waals surface area contributed by atoms with Crippen molar-refractivity contribution in [1.82, 2.24) is 4.90 Å². The van der Waals surface area contributed by atoms with Crippen LogP contribution in [0.3, 0.4) is 0 Å². The number of hydrogen-bond acceptors (Lipinski definition) is 3. The van der Waals surface area contributed by atoms with Crippen molar-refractivity contribution in [3.8, 4) is 0 Å². The molecule has 1 fully saturated rings. The highest BCUT2D eigenvalue weighted by molar-refractivity contribution is 5.76. The maximum atomic E-state index is 10.4. The molecule has 1 saturated heterocycles. The zero-order chi connectivity index (χ0) is 7.78. The molecule has 0 saturated carbocycles. The van der Waals surface area contributed by atoms with E-state index >= 15 is 0 Å². The number of nitrogens with two attached hydrogens (primary N) is 2. The number of primary amides is 1. The second-order valence-corrected chi connectivity index (χ2v) is 3.27. The Kier molecular flexibility index (Phi) is 1.66. The van der Waals surface area contributed by atoms with Crippen molar-refractivity contribution in [3.63, 3.8) is 0 Å². The molecule has 0 bridgehead atoms.